The molecule has 22 heavy (non-hydrogen) atoms. The van der Waals surface area contributed by atoms with Crippen LogP contribution in [0.3, 0.4) is 0 Å². The van der Waals surface area contributed by atoms with Crippen molar-refractivity contribution in [3.63, 3.8) is 0 Å². The van der Waals surface area contributed by atoms with Crippen molar-refractivity contribution in [2.45, 2.75) is 55.4 Å². The van der Waals surface area contributed by atoms with E-state index in [0.29, 0.717) is 0 Å². The van der Waals surface area contributed by atoms with Gasteiger partial charge in [-0.25, -0.2) is 0 Å². The fraction of sp³-hybridized carbons (Fsp3) is 0.846. The molecule has 0 aromatic rings. The number of hydrogen-bond donors (Lipinski definition) is 7. The van der Waals surface area contributed by atoms with E-state index in [1.165, 1.54) is 6.08 Å². The van der Waals surface area contributed by atoms with Crippen LogP contribution in [0.1, 0.15) is 6.42 Å². The van der Waals surface area contributed by atoms with Crippen molar-refractivity contribution in [3.8, 4) is 0 Å². The van der Waals surface area contributed by atoms with Gasteiger partial charge < -0.3 is 45.2 Å². The molecular weight excluding hydrogens is 300 g/mol. The molecule has 0 spiro atoms. The minimum absolute atomic E-state index is 0.156. The van der Waals surface area contributed by atoms with Crippen molar-refractivity contribution in [3.05, 3.63) is 11.6 Å². The maximum absolute atomic E-state index is 9.97. The first-order chi connectivity index (χ1) is 10.4. The molecule has 1 saturated heterocycles. The maximum Gasteiger partial charge on any atom is 0.187 e. The Hall–Kier alpha value is -0.620. The first-order valence-corrected chi connectivity index (χ1v) is 7.02. The van der Waals surface area contributed by atoms with E-state index in [4.69, 9.17) is 19.7 Å². The maximum atomic E-state index is 9.97. The van der Waals surface area contributed by atoms with E-state index in [0.717, 1.165) is 0 Å². The van der Waals surface area contributed by atoms with Crippen LogP contribution in [0, 0.1) is 0 Å². The van der Waals surface area contributed by atoms with E-state index in [1.54, 1.807) is 0 Å². The molecule has 1 aliphatic carbocycles. The van der Waals surface area contributed by atoms with Crippen LogP contribution >= 0.6 is 0 Å². The first kappa shape index (κ1) is 17.7. The lowest BCUT2D eigenvalue weighted by atomic mass is 9.91. The van der Waals surface area contributed by atoms with Gasteiger partial charge in [-0.1, -0.05) is 6.08 Å². The molecule has 2 rings (SSSR count). The highest BCUT2D eigenvalue weighted by molar-refractivity contribution is 5.16. The predicted octanol–water partition coefficient (Wildman–Crippen LogP) is -3.78. The summed E-state index contributed by atoms with van der Waals surface area (Å²) in [6, 6.07) is 0. The van der Waals surface area contributed by atoms with Crippen molar-refractivity contribution in [2.75, 3.05) is 13.2 Å². The molecule has 9 heteroatoms. The van der Waals surface area contributed by atoms with Crippen LogP contribution in [0.4, 0.5) is 0 Å². The third-order valence-electron chi connectivity index (χ3n) is 4.04. The summed E-state index contributed by atoms with van der Waals surface area (Å²) in [5, 5.41) is 67.1. The molecule has 2 aliphatic rings. The van der Waals surface area contributed by atoms with Gasteiger partial charge in [0.25, 0.3) is 0 Å². The van der Waals surface area contributed by atoms with Crippen molar-refractivity contribution >= 4 is 0 Å². The molecule has 1 aliphatic heterocycles. The van der Waals surface area contributed by atoms with Crippen LogP contribution in [0.2, 0.25) is 0 Å². The number of aliphatic hydroxyl groups excluding tert-OH is 7. The third-order valence-corrected chi connectivity index (χ3v) is 4.04. The van der Waals surface area contributed by atoms with Gasteiger partial charge in [0.05, 0.1) is 19.3 Å². The monoisotopic (exact) mass is 322 g/mol. The second-order valence-electron chi connectivity index (χ2n) is 5.48. The van der Waals surface area contributed by atoms with Crippen molar-refractivity contribution in [1.82, 2.24) is 0 Å². The van der Waals surface area contributed by atoms with Gasteiger partial charge in [-0.05, 0) is 12.0 Å². The average Bonchev–Trinajstić information content (AvgIpc) is 2.52. The van der Waals surface area contributed by atoms with Crippen molar-refractivity contribution < 1.29 is 45.2 Å². The molecule has 0 aromatic carbocycles. The summed E-state index contributed by atoms with van der Waals surface area (Å²) in [5.41, 5.74) is 0.265. The Kier molecular flexibility index (Phi) is 5.88. The zero-order valence-electron chi connectivity index (χ0n) is 11.8. The molecule has 1 fully saturated rings. The Morgan fingerprint density at radius 2 is 1.68 bits per heavy atom. The van der Waals surface area contributed by atoms with E-state index in [2.05, 4.69) is 0 Å². The van der Waals surface area contributed by atoms with Crippen molar-refractivity contribution in [1.29, 1.82) is 0 Å². The molecule has 9 nitrogen and oxygen atoms in total. The Labute approximate surface area is 126 Å². The Balaban J connectivity index is 2.05. The lowest BCUT2D eigenvalue weighted by Gasteiger charge is -2.42. The summed E-state index contributed by atoms with van der Waals surface area (Å²) in [5.74, 6) is 0. The Morgan fingerprint density at radius 3 is 2.27 bits per heavy atom. The number of aliphatic hydroxyl groups is 7. The van der Waals surface area contributed by atoms with Gasteiger partial charge in [0, 0.05) is 0 Å². The van der Waals surface area contributed by atoms with Crippen LogP contribution in [-0.2, 0) is 9.47 Å². The highest BCUT2D eigenvalue weighted by Gasteiger charge is 2.46. The predicted molar refractivity (Wildman–Crippen MR) is 70.4 cm³/mol. The summed E-state index contributed by atoms with van der Waals surface area (Å²) < 4.78 is 10.6. The number of hydrogen-bond acceptors (Lipinski definition) is 9. The first-order valence-electron chi connectivity index (χ1n) is 7.02. The molecule has 7 N–H and O–H groups in total. The van der Waals surface area contributed by atoms with Crippen LogP contribution in [0.5, 0.6) is 0 Å². The zero-order valence-corrected chi connectivity index (χ0v) is 11.8. The van der Waals surface area contributed by atoms with Gasteiger partial charge in [0.1, 0.15) is 36.6 Å². The van der Waals surface area contributed by atoms with Gasteiger partial charge >= 0.3 is 0 Å². The lowest BCUT2D eigenvalue weighted by Crippen LogP contribution is -2.60. The smallest absolute Gasteiger partial charge is 0.187 e. The van der Waals surface area contributed by atoms with E-state index in [-0.39, 0.29) is 12.0 Å². The van der Waals surface area contributed by atoms with Crippen LogP contribution in [0.15, 0.2) is 11.6 Å². The van der Waals surface area contributed by atoms with Gasteiger partial charge in [-0.3, -0.25) is 0 Å². The molecule has 3 unspecified atom stereocenters. The molecule has 1 heterocycles. The van der Waals surface area contributed by atoms with Gasteiger partial charge in [0.15, 0.2) is 6.29 Å². The molecule has 0 aromatic heterocycles. The molecule has 8 atom stereocenters. The minimum atomic E-state index is -1.58. The molecule has 0 bridgehead atoms. The molecule has 0 saturated carbocycles. The number of ether oxygens (including phenoxy) is 2. The SMILES string of the molecule is OCC1=CCC(O[C@H]2O[C@H](CO)[C@@H](O)[C@H](O)[C@H]2O)C(O)C1O. The normalized spacial score (nSPS) is 46.4. The van der Waals surface area contributed by atoms with E-state index >= 15 is 0 Å². The quantitative estimate of drug-likeness (QED) is 0.258. The second-order valence-corrected chi connectivity index (χ2v) is 5.48. The second kappa shape index (κ2) is 7.30. The van der Waals surface area contributed by atoms with E-state index < -0.39 is 62.2 Å². The highest BCUT2D eigenvalue weighted by Crippen LogP contribution is 2.27. The largest absolute Gasteiger partial charge is 0.394 e. The number of rotatable bonds is 4. The highest BCUT2D eigenvalue weighted by atomic mass is 16.7. The lowest BCUT2D eigenvalue weighted by molar-refractivity contribution is -0.319. The molecule has 0 amide bonds. The fourth-order valence-corrected chi connectivity index (χ4v) is 2.60. The summed E-state index contributed by atoms with van der Waals surface area (Å²) in [6.45, 7) is -0.986. The standard InChI is InChI=1S/C13H22O9/c14-3-5-1-2-6(9(17)8(5)16)21-13-12(20)11(19)10(18)7(4-15)22-13/h1,6-20H,2-4H2/t6?,7-,8?,9?,10-,11+,12-,13+/m1/s1. The van der Waals surface area contributed by atoms with Crippen LogP contribution in [0.25, 0.3) is 0 Å². The summed E-state index contributed by atoms with van der Waals surface area (Å²) >= 11 is 0. The molecular formula is C13H22O9. The molecule has 128 valence electrons. The topological polar surface area (TPSA) is 160 Å². The minimum Gasteiger partial charge on any atom is -0.394 e. The zero-order chi connectivity index (χ0) is 16.4. The summed E-state index contributed by atoms with van der Waals surface area (Å²) in [4.78, 5) is 0. The molecule has 0 radical (unpaired) electrons. The fourth-order valence-electron chi connectivity index (χ4n) is 2.60. The van der Waals surface area contributed by atoms with Gasteiger partial charge in [0.2, 0.25) is 0 Å². The van der Waals surface area contributed by atoms with E-state index in [1.807, 2.05) is 0 Å². The summed E-state index contributed by atoms with van der Waals surface area (Å²) in [6.07, 6.45) is -9.09. The third kappa shape index (κ3) is 3.32. The van der Waals surface area contributed by atoms with Gasteiger partial charge in [-0.2, -0.15) is 0 Å². The van der Waals surface area contributed by atoms with Crippen LogP contribution in [-0.4, -0.2) is 98.0 Å². The average molecular weight is 322 g/mol. The van der Waals surface area contributed by atoms with Gasteiger partial charge in [-0.15, -0.1) is 0 Å². The Bertz CT molecular complexity index is 399. The van der Waals surface area contributed by atoms with E-state index in [9.17, 15) is 25.5 Å². The van der Waals surface area contributed by atoms with Crippen molar-refractivity contribution in [2.24, 2.45) is 0 Å². The Morgan fingerprint density at radius 1 is 1.00 bits per heavy atom. The van der Waals surface area contributed by atoms with Crippen LogP contribution < -0.4 is 0 Å². The summed E-state index contributed by atoms with van der Waals surface area (Å²) in [7, 11) is 0.